The average molecular weight is 299 g/mol. The molecule has 0 radical (unpaired) electrons. The first-order valence-corrected chi connectivity index (χ1v) is 7.91. The third-order valence-corrected chi connectivity index (χ3v) is 4.91. The average Bonchev–Trinajstić information content (AvgIpc) is 2.48. The second-order valence-corrected chi connectivity index (χ2v) is 6.33. The third kappa shape index (κ3) is 3.94. The molecular formula is C16H24ClFN2. The van der Waals surface area contributed by atoms with Crippen molar-refractivity contribution in [2.24, 2.45) is 17.7 Å². The zero-order valence-corrected chi connectivity index (χ0v) is 12.8. The summed E-state index contributed by atoms with van der Waals surface area (Å²) in [5.74, 6) is 6.81. The van der Waals surface area contributed by atoms with Gasteiger partial charge in [-0.15, -0.1) is 0 Å². The molecule has 0 aromatic heterocycles. The van der Waals surface area contributed by atoms with Crippen LogP contribution in [0.2, 0.25) is 5.02 Å². The van der Waals surface area contributed by atoms with E-state index >= 15 is 0 Å². The van der Waals surface area contributed by atoms with E-state index in [9.17, 15) is 4.39 Å². The van der Waals surface area contributed by atoms with Crippen molar-refractivity contribution < 1.29 is 4.39 Å². The molecule has 0 heterocycles. The second kappa shape index (κ2) is 7.39. The zero-order valence-electron chi connectivity index (χ0n) is 12.0. The molecule has 1 aromatic rings. The van der Waals surface area contributed by atoms with Gasteiger partial charge in [-0.25, -0.2) is 4.39 Å². The van der Waals surface area contributed by atoms with Crippen molar-refractivity contribution in [3.05, 3.63) is 34.6 Å². The molecule has 0 spiro atoms. The van der Waals surface area contributed by atoms with E-state index in [1.54, 1.807) is 12.1 Å². The number of hydrazine groups is 1. The summed E-state index contributed by atoms with van der Waals surface area (Å²) < 4.78 is 13.2. The quantitative estimate of drug-likeness (QED) is 0.635. The van der Waals surface area contributed by atoms with E-state index in [0.29, 0.717) is 5.92 Å². The summed E-state index contributed by atoms with van der Waals surface area (Å²) >= 11 is 5.85. The maximum Gasteiger partial charge on any atom is 0.141 e. The van der Waals surface area contributed by atoms with Crippen LogP contribution in [0.1, 0.15) is 44.6 Å². The van der Waals surface area contributed by atoms with Gasteiger partial charge in [-0.2, -0.15) is 0 Å². The standard InChI is InChI=1S/C16H24ClFN2/c1-2-11-4-3-5-13(8-11)16(20-19)10-12-6-7-15(18)14(17)9-12/h6-7,9,11,13,16,20H,2-5,8,10,19H2,1H3. The van der Waals surface area contributed by atoms with Crippen LogP contribution in [-0.4, -0.2) is 6.04 Å². The smallest absolute Gasteiger partial charge is 0.141 e. The zero-order chi connectivity index (χ0) is 14.5. The Morgan fingerprint density at radius 3 is 2.90 bits per heavy atom. The fraction of sp³-hybridized carbons (Fsp3) is 0.625. The summed E-state index contributed by atoms with van der Waals surface area (Å²) in [4.78, 5) is 0. The Balaban J connectivity index is 2.02. The first kappa shape index (κ1) is 15.7. The normalized spacial score (nSPS) is 24.6. The molecule has 20 heavy (non-hydrogen) atoms. The SMILES string of the molecule is CCC1CCCC(C(Cc2ccc(F)c(Cl)c2)NN)C1. The Labute approximate surface area is 125 Å². The molecule has 2 rings (SSSR count). The topological polar surface area (TPSA) is 38.0 Å². The van der Waals surface area contributed by atoms with Crippen molar-refractivity contribution in [3.8, 4) is 0 Å². The van der Waals surface area contributed by atoms with Crippen molar-refractivity contribution in [3.63, 3.8) is 0 Å². The maximum absolute atomic E-state index is 13.2. The molecule has 3 N–H and O–H groups in total. The van der Waals surface area contributed by atoms with Crippen molar-refractivity contribution >= 4 is 11.6 Å². The van der Waals surface area contributed by atoms with Crippen LogP contribution in [-0.2, 0) is 6.42 Å². The fourth-order valence-electron chi connectivity index (χ4n) is 3.35. The number of hydrogen-bond acceptors (Lipinski definition) is 2. The Morgan fingerprint density at radius 1 is 1.45 bits per heavy atom. The van der Waals surface area contributed by atoms with Crippen LogP contribution in [0.25, 0.3) is 0 Å². The number of halogens is 2. The summed E-state index contributed by atoms with van der Waals surface area (Å²) in [5, 5.41) is 0.188. The molecule has 0 bridgehead atoms. The molecule has 1 aliphatic carbocycles. The van der Waals surface area contributed by atoms with Gasteiger partial charge in [0.05, 0.1) is 5.02 Å². The highest BCUT2D eigenvalue weighted by atomic mass is 35.5. The van der Waals surface area contributed by atoms with Crippen LogP contribution in [0.15, 0.2) is 18.2 Å². The number of nitrogens with one attached hydrogen (secondary N) is 1. The van der Waals surface area contributed by atoms with Crippen molar-refractivity contribution in [2.45, 2.75) is 51.5 Å². The molecule has 3 atom stereocenters. The predicted octanol–water partition coefficient (Wildman–Crippen LogP) is 4.07. The van der Waals surface area contributed by atoms with Crippen LogP contribution in [0.4, 0.5) is 4.39 Å². The van der Waals surface area contributed by atoms with Gasteiger partial charge >= 0.3 is 0 Å². The summed E-state index contributed by atoms with van der Waals surface area (Å²) in [6.07, 6.45) is 7.13. The lowest BCUT2D eigenvalue weighted by Crippen LogP contribution is -2.44. The minimum absolute atomic E-state index is 0.188. The van der Waals surface area contributed by atoms with Gasteiger partial charge in [0, 0.05) is 6.04 Å². The highest BCUT2D eigenvalue weighted by Crippen LogP contribution is 2.33. The minimum atomic E-state index is -0.364. The van der Waals surface area contributed by atoms with Crippen molar-refractivity contribution in [1.82, 2.24) is 5.43 Å². The molecule has 2 nitrogen and oxygen atoms in total. The Hall–Kier alpha value is -0.640. The summed E-state index contributed by atoms with van der Waals surface area (Å²) in [7, 11) is 0. The molecule has 1 aromatic carbocycles. The minimum Gasteiger partial charge on any atom is -0.271 e. The Bertz CT molecular complexity index is 438. The van der Waals surface area contributed by atoms with Crippen LogP contribution in [0.5, 0.6) is 0 Å². The van der Waals surface area contributed by atoms with E-state index in [1.165, 1.54) is 38.2 Å². The largest absolute Gasteiger partial charge is 0.271 e. The number of nitrogens with two attached hydrogens (primary N) is 1. The van der Waals surface area contributed by atoms with E-state index in [4.69, 9.17) is 17.4 Å². The molecule has 4 heteroatoms. The predicted molar refractivity (Wildman–Crippen MR) is 82.0 cm³/mol. The summed E-state index contributed by atoms with van der Waals surface area (Å²) in [6, 6.07) is 5.18. The van der Waals surface area contributed by atoms with Gasteiger partial charge in [-0.05, 0) is 48.8 Å². The summed E-state index contributed by atoms with van der Waals surface area (Å²) in [5.41, 5.74) is 4.00. The number of benzene rings is 1. The highest BCUT2D eigenvalue weighted by Gasteiger charge is 2.27. The van der Waals surface area contributed by atoms with E-state index in [0.717, 1.165) is 17.9 Å². The van der Waals surface area contributed by atoms with Crippen molar-refractivity contribution in [1.29, 1.82) is 0 Å². The van der Waals surface area contributed by atoms with Crippen LogP contribution >= 0.6 is 11.6 Å². The monoisotopic (exact) mass is 298 g/mol. The lowest BCUT2D eigenvalue weighted by molar-refractivity contribution is 0.208. The Kier molecular flexibility index (Phi) is 5.82. The van der Waals surface area contributed by atoms with Crippen molar-refractivity contribution in [2.75, 3.05) is 0 Å². The summed E-state index contributed by atoms with van der Waals surface area (Å²) in [6.45, 7) is 2.26. The molecule has 1 fully saturated rings. The van der Waals surface area contributed by atoms with Crippen LogP contribution in [0.3, 0.4) is 0 Å². The van der Waals surface area contributed by atoms with E-state index < -0.39 is 0 Å². The molecule has 112 valence electrons. The third-order valence-electron chi connectivity index (χ3n) is 4.62. The number of rotatable bonds is 5. The fourth-order valence-corrected chi connectivity index (χ4v) is 3.55. The molecule has 1 aliphatic rings. The molecule has 3 unspecified atom stereocenters. The van der Waals surface area contributed by atoms with Crippen LogP contribution < -0.4 is 11.3 Å². The van der Waals surface area contributed by atoms with Gasteiger partial charge in [0.15, 0.2) is 0 Å². The second-order valence-electron chi connectivity index (χ2n) is 5.93. The van der Waals surface area contributed by atoms with E-state index in [-0.39, 0.29) is 16.9 Å². The first-order chi connectivity index (χ1) is 9.63. The maximum atomic E-state index is 13.2. The highest BCUT2D eigenvalue weighted by molar-refractivity contribution is 6.30. The van der Waals surface area contributed by atoms with Gasteiger partial charge in [0.1, 0.15) is 5.82 Å². The Morgan fingerprint density at radius 2 is 2.25 bits per heavy atom. The van der Waals surface area contributed by atoms with E-state index in [2.05, 4.69) is 12.3 Å². The molecule has 0 saturated heterocycles. The van der Waals surface area contributed by atoms with E-state index in [1.807, 2.05) is 0 Å². The number of hydrogen-bond donors (Lipinski definition) is 2. The molecule has 0 aliphatic heterocycles. The lowest BCUT2D eigenvalue weighted by Gasteiger charge is -2.34. The molecule has 0 amide bonds. The van der Waals surface area contributed by atoms with Gasteiger partial charge in [-0.3, -0.25) is 11.3 Å². The van der Waals surface area contributed by atoms with Gasteiger partial charge in [-0.1, -0.05) is 43.9 Å². The molecule has 1 saturated carbocycles. The van der Waals surface area contributed by atoms with Gasteiger partial charge < -0.3 is 0 Å². The first-order valence-electron chi connectivity index (χ1n) is 7.54. The molecular weight excluding hydrogens is 275 g/mol. The van der Waals surface area contributed by atoms with Crippen LogP contribution in [0, 0.1) is 17.7 Å². The lowest BCUT2D eigenvalue weighted by atomic mass is 9.75. The van der Waals surface area contributed by atoms with Gasteiger partial charge in [0.2, 0.25) is 0 Å². The van der Waals surface area contributed by atoms with Gasteiger partial charge in [0.25, 0.3) is 0 Å².